The van der Waals surface area contributed by atoms with Gasteiger partial charge >= 0.3 is 6.09 Å². The molecule has 3 aromatic rings. The van der Waals surface area contributed by atoms with E-state index in [1.165, 1.54) is 13.8 Å². The van der Waals surface area contributed by atoms with Gasteiger partial charge in [-0.25, -0.2) is 4.79 Å². The first-order chi connectivity index (χ1) is 22.3. The molecule has 0 saturated carbocycles. The van der Waals surface area contributed by atoms with E-state index in [2.05, 4.69) is 15.6 Å². The number of carbonyl (C=O) groups excluding carboxylic acids is 4. The van der Waals surface area contributed by atoms with E-state index in [0.717, 1.165) is 21.4 Å². The standard InChI is InChI=1S/C32H40N6O9/c1-17(39)26(28(33)41)36-29(42)24(12-20-14-34-23-11-7-6-10-22(20)23)35-30(43)25-13-21(47-16-19-8-4-3-5-9-19)15-38(25)31(44)27(18(2)40)37-32(45)46/h3-11,14,17-18,21,24-27,34,37,39-40H,12-13,15-16H2,1-2H3,(H2,33,41)(H,35,43)(H,36,42)(H,45,46)/t17-,18-,21-,24+,25+,26+,27+/m1/s1. The van der Waals surface area contributed by atoms with E-state index < -0.39 is 72.2 Å². The number of aliphatic hydroxyl groups is 2. The Balaban J connectivity index is 1.62. The first-order valence-electron chi connectivity index (χ1n) is 15.1. The van der Waals surface area contributed by atoms with Crippen molar-refractivity contribution in [2.45, 2.75) is 75.8 Å². The van der Waals surface area contributed by atoms with Crippen molar-refractivity contribution >= 4 is 40.6 Å². The van der Waals surface area contributed by atoms with Crippen LogP contribution in [0.4, 0.5) is 4.79 Å². The van der Waals surface area contributed by atoms with Gasteiger partial charge in [0.05, 0.1) is 24.9 Å². The van der Waals surface area contributed by atoms with Crippen LogP contribution in [0.5, 0.6) is 0 Å². The number of likely N-dealkylation sites (tertiary alicyclic amines) is 1. The normalized spacial score (nSPS) is 19.3. The second-order valence-corrected chi connectivity index (χ2v) is 11.6. The number of nitrogens with zero attached hydrogens (tertiary/aromatic N) is 1. The number of benzene rings is 2. The van der Waals surface area contributed by atoms with E-state index in [-0.39, 0.29) is 26.0 Å². The number of aromatic nitrogens is 1. The summed E-state index contributed by atoms with van der Waals surface area (Å²) >= 11 is 0. The number of para-hydroxylation sites is 1. The van der Waals surface area contributed by atoms with Crippen molar-refractivity contribution < 1.29 is 44.0 Å². The molecular formula is C32H40N6O9. The minimum atomic E-state index is -1.58. The fourth-order valence-corrected chi connectivity index (χ4v) is 5.58. The van der Waals surface area contributed by atoms with Crippen LogP contribution >= 0.6 is 0 Å². The predicted octanol–water partition coefficient (Wildman–Crippen LogP) is -0.251. The molecule has 47 heavy (non-hydrogen) atoms. The Bertz CT molecular complexity index is 1580. The van der Waals surface area contributed by atoms with Crippen LogP contribution in [0.15, 0.2) is 60.8 Å². The number of rotatable bonds is 14. The van der Waals surface area contributed by atoms with Gasteiger partial charge in [0.1, 0.15) is 24.2 Å². The molecule has 1 aliphatic rings. The summed E-state index contributed by atoms with van der Waals surface area (Å²) in [7, 11) is 0. The maximum absolute atomic E-state index is 14.0. The zero-order valence-electron chi connectivity index (χ0n) is 26.0. The van der Waals surface area contributed by atoms with Crippen LogP contribution < -0.4 is 21.7 Å². The molecule has 0 bridgehead atoms. The lowest BCUT2D eigenvalue weighted by Gasteiger charge is -2.30. The summed E-state index contributed by atoms with van der Waals surface area (Å²) < 4.78 is 6.03. The molecule has 0 unspecified atom stereocenters. The minimum Gasteiger partial charge on any atom is -0.465 e. The summed E-state index contributed by atoms with van der Waals surface area (Å²) in [6.45, 7) is 2.60. The van der Waals surface area contributed by atoms with Crippen molar-refractivity contribution in [3.05, 3.63) is 71.9 Å². The lowest BCUT2D eigenvalue weighted by molar-refractivity contribution is -0.142. The summed E-state index contributed by atoms with van der Waals surface area (Å²) in [6.07, 6.45) is -3.31. The molecule has 5 amide bonds. The molecule has 15 heteroatoms. The second-order valence-electron chi connectivity index (χ2n) is 11.6. The molecule has 1 aliphatic heterocycles. The SMILES string of the molecule is C[C@@H](O)[C@H](NC(=O)[C@H](Cc1c[nH]c2ccccc12)NC(=O)[C@@H]1C[C@@H](OCc2ccccc2)CN1C(=O)[C@@H](NC(=O)O)[C@@H](C)O)C(N)=O. The average Bonchev–Trinajstić information content (AvgIpc) is 3.65. The smallest absolute Gasteiger partial charge is 0.405 e. The zero-order valence-corrected chi connectivity index (χ0v) is 26.0. The summed E-state index contributed by atoms with van der Waals surface area (Å²) in [6, 6.07) is 11.0. The Morgan fingerprint density at radius 3 is 2.26 bits per heavy atom. The van der Waals surface area contributed by atoms with Gasteiger partial charge in [0.2, 0.25) is 23.6 Å². The third kappa shape index (κ3) is 8.84. The van der Waals surface area contributed by atoms with Gasteiger partial charge in [-0.05, 0) is 31.0 Å². The Kier molecular flexibility index (Phi) is 11.5. The highest BCUT2D eigenvalue weighted by atomic mass is 16.5. The molecule has 1 saturated heterocycles. The number of ether oxygens (including phenoxy) is 1. The molecule has 1 fully saturated rings. The van der Waals surface area contributed by atoms with Gasteiger partial charge in [-0.1, -0.05) is 48.5 Å². The monoisotopic (exact) mass is 652 g/mol. The minimum absolute atomic E-state index is 0.00299. The van der Waals surface area contributed by atoms with Crippen LogP contribution in [0.25, 0.3) is 10.9 Å². The van der Waals surface area contributed by atoms with Crippen molar-refractivity contribution in [3.8, 4) is 0 Å². The number of fused-ring (bicyclic) bond motifs is 1. The van der Waals surface area contributed by atoms with Crippen molar-refractivity contribution in [3.63, 3.8) is 0 Å². The number of nitrogens with two attached hydrogens (primary N) is 1. The first kappa shape index (κ1) is 34.9. The summed E-state index contributed by atoms with van der Waals surface area (Å²) in [4.78, 5) is 68.8. The van der Waals surface area contributed by atoms with Gasteiger partial charge in [-0.3, -0.25) is 19.2 Å². The molecule has 252 valence electrons. The van der Waals surface area contributed by atoms with Gasteiger partial charge < -0.3 is 51.6 Å². The number of amides is 5. The maximum Gasteiger partial charge on any atom is 0.405 e. The third-order valence-corrected chi connectivity index (χ3v) is 8.02. The lowest BCUT2D eigenvalue weighted by atomic mass is 10.0. The topological polar surface area (TPSA) is 236 Å². The molecule has 4 rings (SSSR count). The van der Waals surface area contributed by atoms with Gasteiger partial charge in [0.25, 0.3) is 0 Å². The molecule has 9 N–H and O–H groups in total. The molecule has 1 aromatic heterocycles. The van der Waals surface area contributed by atoms with Crippen LogP contribution in [0.3, 0.4) is 0 Å². The summed E-state index contributed by atoms with van der Waals surface area (Å²) in [5.74, 6) is -3.40. The van der Waals surface area contributed by atoms with Crippen LogP contribution in [-0.4, -0.2) is 104 Å². The fraction of sp³-hybridized carbons (Fsp3) is 0.406. The van der Waals surface area contributed by atoms with E-state index in [0.29, 0.717) is 5.56 Å². The van der Waals surface area contributed by atoms with Crippen LogP contribution in [-0.2, 0) is 36.9 Å². The highest BCUT2D eigenvalue weighted by molar-refractivity contribution is 5.96. The van der Waals surface area contributed by atoms with Gasteiger partial charge in [-0.2, -0.15) is 0 Å². The average molecular weight is 653 g/mol. The van der Waals surface area contributed by atoms with Crippen LogP contribution in [0.1, 0.15) is 31.4 Å². The molecule has 7 atom stereocenters. The van der Waals surface area contributed by atoms with Crippen LogP contribution in [0, 0.1) is 0 Å². The van der Waals surface area contributed by atoms with Crippen LogP contribution in [0.2, 0.25) is 0 Å². The van der Waals surface area contributed by atoms with E-state index in [9.17, 15) is 39.3 Å². The molecule has 0 radical (unpaired) electrons. The molecular weight excluding hydrogens is 612 g/mol. The second kappa shape index (κ2) is 15.5. The highest BCUT2D eigenvalue weighted by Gasteiger charge is 2.44. The summed E-state index contributed by atoms with van der Waals surface area (Å²) in [5.41, 5.74) is 7.69. The number of hydrogen-bond acceptors (Lipinski definition) is 8. The number of H-pyrrole nitrogens is 1. The Hall–Kier alpha value is -4.99. The number of aromatic amines is 1. The first-order valence-corrected chi connectivity index (χ1v) is 15.1. The highest BCUT2D eigenvalue weighted by Crippen LogP contribution is 2.25. The van der Waals surface area contributed by atoms with Crippen molar-refractivity contribution in [1.29, 1.82) is 0 Å². The van der Waals surface area contributed by atoms with E-state index >= 15 is 0 Å². The molecule has 15 nitrogen and oxygen atoms in total. The number of hydrogen-bond donors (Lipinski definition) is 8. The number of carboxylic acid groups (broad SMARTS) is 1. The Labute approximate surface area is 270 Å². The third-order valence-electron chi connectivity index (χ3n) is 8.02. The number of nitrogens with one attached hydrogen (secondary N) is 4. The van der Waals surface area contributed by atoms with E-state index in [4.69, 9.17) is 10.5 Å². The molecule has 2 aromatic carbocycles. The van der Waals surface area contributed by atoms with E-state index in [1.807, 2.05) is 59.9 Å². The number of aliphatic hydroxyl groups excluding tert-OH is 2. The Morgan fingerprint density at radius 1 is 0.957 bits per heavy atom. The zero-order chi connectivity index (χ0) is 34.2. The molecule has 0 spiro atoms. The lowest BCUT2D eigenvalue weighted by Crippen LogP contribution is -2.60. The largest absolute Gasteiger partial charge is 0.465 e. The van der Waals surface area contributed by atoms with Gasteiger partial charge in [0, 0.05) is 36.5 Å². The van der Waals surface area contributed by atoms with Gasteiger partial charge in [-0.15, -0.1) is 0 Å². The summed E-state index contributed by atoms with van der Waals surface area (Å²) in [5, 5.41) is 37.5. The van der Waals surface area contributed by atoms with Gasteiger partial charge in [0.15, 0.2) is 0 Å². The predicted molar refractivity (Wildman–Crippen MR) is 169 cm³/mol. The fourth-order valence-electron chi connectivity index (χ4n) is 5.58. The Morgan fingerprint density at radius 2 is 1.62 bits per heavy atom. The molecule has 0 aliphatic carbocycles. The van der Waals surface area contributed by atoms with E-state index in [1.54, 1.807) is 6.20 Å². The quantitative estimate of drug-likeness (QED) is 0.114. The van der Waals surface area contributed by atoms with Crippen molar-refractivity contribution in [2.75, 3.05) is 6.54 Å². The van der Waals surface area contributed by atoms with Crippen molar-refractivity contribution in [2.24, 2.45) is 5.73 Å². The number of carbonyl (C=O) groups is 5. The molecule has 2 heterocycles. The maximum atomic E-state index is 14.0. The number of primary amides is 1. The van der Waals surface area contributed by atoms with Crippen molar-refractivity contribution in [1.82, 2.24) is 25.8 Å².